The Morgan fingerprint density at radius 1 is 1.06 bits per heavy atom. The Morgan fingerprint density at radius 3 is 2.19 bits per heavy atom. The van der Waals surface area contributed by atoms with E-state index in [9.17, 15) is 2.74 Å². The van der Waals surface area contributed by atoms with Crippen molar-refractivity contribution in [1.29, 1.82) is 0 Å². The molecule has 0 spiro atoms. The highest BCUT2D eigenvalue weighted by Gasteiger charge is 2.66. The van der Waals surface area contributed by atoms with Crippen LogP contribution in [0, 0.1) is 0 Å². The molecule has 4 rings (SSSR count). The van der Waals surface area contributed by atoms with Crippen LogP contribution in [0.25, 0.3) is 0 Å². The van der Waals surface area contributed by atoms with Crippen molar-refractivity contribution in [2.45, 2.75) is 108 Å². The lowest BCUT2D eigenvalue weighted by Crippen LogP contribution is -2.78. The maximum absolute atomic E-state index is 9.41. The van der Waals surface area contributed by atoms with Crippen LogP contribution in [0.1, 0.15) is 30.4 Å². The molecule has 0 aromatic rings. The first-order chi connectivity index (χ1) is 15.2. The van der Waals surface area contributed by atoms with Crippen molar-refractivity contribution >= 4 is 22.1 Å². The summed E-state index contributed by atoms with van der Waals surface area (Å²) in [6, 6.07) is 1.01. The van der Waals surface area contributed by atoms with Gasteiger partial charge < -0.3 is 33.1 Å². The summed E-state index contributed by atoms with van der Waals surface area (Å²) in [4.78, 5) is 0. The van der Waals surface area contributed by atoms with E-state index in [1.807, 2.05) is 0 Å². The monoisotopic (exact) mass is 490 g/mol. The van der Waals surface area contributed by atoms with Gasteiger partial charge in [-0.15, -0.1) is 0 Å². The van der Waals surface area contributed by atoms with Crippen molar-refractivity contribution in [3.05, 3.63) is 0 Å². The Balaban J connectivity index is 1.96. The molecule has 0 radical (unpaired) electrons. The number of hydrazone groups is 1. The molecular weight excluding hydrogens is 444 g/mol. The molecule has 4 aliphatic rings. The standard InChI is InChI=1S/C22H44N2O6Si2/c1-21(2,3)32(10,11)30-20-17-15(23-24(5)6)16-18(19(20)29-22(4,27-16)28-17)26-14-25-12-13-31(7,8)9/h16-20H,12-14H2,1-11H3/b23-15+/t16-,17-,18+,19?,20?,22?/m0/s1/i16D,17D. The quantitative estimate of drug-likeness (QED) is 0.210. The van der Waals surface area contributed by atoms with E-state index in [0.29, 0.717) is 6.61 Å². The normalized spacial score (nSPS) is 41.7. The zero-order valence-corrected chi connectivity index (χ0v) is 23.7. The van der Waals surface area contributed by atoms with E-state index in [1.165, 1.54) is 0 Å². The molecule has 3 saturated heterocycles. The van der Waals surface area contributed by atoms with Crippen LogP contribution in [0.4, 0.5) is 0 Å². The molecular formula is C22H44N2O6Si2. The van der Waals surface area contributed by atoms with Crippen molar-refractivity contribution in [2.75, 3.05) is 27.5 Å². The van der Waals surface area contributed by atoms with E-state index in [-0.39, 0.29) is 17.5 Å². The average Bonchev–Trinajstić information content (AvgIpc) is 2.61. The Bertz CT molecular complexity index is 805. The number of rotatable bonds is 9. The lowest BCUT2D eigenvalue weighted by atomic mass is 9.82. The highest BCUT2D eigenvalue weighted by molar-refractivity contribution is 6.76. The van der Waals surface area contributed by atoms with E-state index >= 15 is 0 Å². The van der Waals surface area contributed by atoms with Crippen LogP contribution < -0.4 is 0 Å². The predicted molar refractivity (Wildman–Crippen MR) is 130 cm³/mol. The SMILES string of the molecule is [2H][C@@]12OC3(C)OC(C1O[Si](C)(C)C(C)(C)C)[C@H](OCOCC[Si](C)(C)C)[C@@]([2H])(O3)/C2=N\N(C)C. The van der Waals surface area contributed by atoms with Gasteiger partial charge in [-0.2, -0.15) is 5.10 Å². The van der Waals surface area contributed by atoms with Crippen LogP contribution >= 0.6 is 0 Å². The largest absolute Gasteiger partial charge is 0.408 e. The second-order valence-electron chi connectivity index (χ2n) is 11.9. The van der Waals surface area contributed by atoms with Gasteiger partial charge in [0.2, 0.25) is 0 Å². The maximum atomic E-state index is 9.41. The van der Waals surface area contributed by atoms with Gasteiger partial charge in [-0.3, -0.25) is 0 Å². The van der Waals surface area contributed by atoms with E-state index in [2.05, 4.69) is 58.6 Å². The van der Waals surface area contributed by atoms with E-state index in [1.54, 1.807) is 26.0 Å². The van der Waals surface area contributed by atoms with Crippen molar-refractivity contribution < 1.29 is 30.9 Å². The van der Waals surface area contributed by atoms with Crippen LogP contribution in [0.15, 0.2) is 5.10 Å². The molecule has 3 heterocycles. The zero-order chi connectivity index (χ0) is 26.0. The van der Waals surface area contributed by atoms with Gasteiger partial charge in [0.1, 0.15) is 43.0 Å². The summed E-state index contributed by atoms with van der Waals surface area (Å²) >= 11 is 0. The Kier molecular flexibility index (Phi) is 6.61. The fourth-order valence-electron chi connectivity index (χ4n) is 3.54. The average molecular weight is 491 g/mol. The molecule has 4 fully saturated rings. The molecule has 3 unspecified atom stereocenters. The summed E-state index contributed by atoms with van der Waals surface area (Å²) in [5.41, 5.74) is 0.0952. The zero-order valence-electron chi connectivity index (χ0n) is 23.7. The van der Waals surface area contributed by atoms with Crippen LogP contribution in [-0.2, 0) is 28.1 Å². The summed E-state index contributed by atoms with van der Waals surface area (Å²) in [6.45, 7) is 19.7. The van der Waals surface area contributed by atoms with E-state index < -0.39 is 52.8 Å². The molecule has 0 amide bonds. The molecule has 6 atom stereocenters. The molecule has 10 heteroatoms. The smallest absolute Gasteiger partial charge is 0.281 e. The van der Waals surface area contributed by atoms with Crippen LogP contribution in [0.2, 0.25) is 43.8 Å². The Morgan fingerprint density at radius 2 is 1.66 bits per heavy atom. The lowest BCUT2D eigenvalue weighted by molar-refractivity contribution is -0.491. The number of hydrogen-bond donors (Lipinski definition) is 0. The van der Waals surface area contributed by atoms with Crippen LogP contribution in [0.5, 0.6) is 0 Å². The van der Waals surface area contributed by atoms with Gasteiger partial charge in [-0.25, -0.2) is 0 Å². The molecule has 1 saturated carbocycles. The molecule has 0 N–H and O–H groups in total. The predicted octanol–water partition coefficient (Wildman–Crippen LogP) is 3.86. The molecule has 1 aliphatic carbocycles. The summed E-state index contributed by atoms with van der Waals surface area (Å²) in [7, 11) is -0.123. The molecule has 8 nitrogen and oxygen atoms in total. The van der Waals surface area contributed by atoms with Gasteiger partial charge >= 0.3 is 0 Å². The summed E-state index contributed by atoms with van der Waals surface area (Å²) in [6.07, 6.45) is -6.02. The third-order valence-electron chi connectivity index (χ3n) is 6.38. The fraction of sp³-hybridized carbons (Fsp3) is 0.955. The van der Waals surface area contributed by atoms with E-state index in [0.717, 1.165) is 6.04 Å². The molecule has 32 heavy (non-hydrogen) atoms. The second kappa shape index (κ2) is 9.03. The van der Waals surface area contributed by atoms with Gasteiger partial charge in [-0.1, -0.05) is 40.4 Å². The molecule has 186 valence electrons. The fourth-order valence-corrected chi connectivity index (χ4v) is 5.53. The Hall–Kier alpha value is -0.336. The lowest BCUT2D eigenvalue weighted by Gasteiger charge is -2.61. The first-order valence-electron chi connectivity index (χ1n) is 12.5. The van der Waals surface area contributed by atoms with Gasteiger partial charge in [0.15, 0.2) is 8.32 Å². The summed E-state index contributed by atoms with van der Waals surface area (Å²) < 4.78 is 55.5. The number of hydrogen-bond acceptors (Lipinski definition) is 8. The maximum Gasteiger partial charge on any atom is 0.281 e. The van der Waals surface area contributed by atoms with E-state index in [4.69, 9.17) is 28.1 Å². The summed E-state index contributed by atoms with van der Waals surface area (Å²) in [5, 5.41) is 5.95. The molecule has 4 bridgehead atoms. The van der Waals surface area contributed by atoms with Gasteiger partial charge in [0.05, 0.1) is 2.74 Å². The van der Waals surface area contributed by atoms with Crippen molar-refractivity contribution in [2.24, 2.45) is 5.10 Å². The highest BCUT2D eigenvalue weighted by atomic mass is 28.4. The van der Waals surface area contributed by atoms with Crippen LogP contribution in [-0.4, -0.2) is 91.1 Å². The first kappa shape index (κ1) is 23.4. The molecule has 3 aliphatic heterocycles. The number of ether oxygens (including phenoxy) is 5. The highest BCUT2D eigenvalue weighted by Crippen LogP contribution is 2.48. The van der Waals surface area contributed by atoms with Crippen molar-refractivity contribution in [3.63, 3.8) is 0 Å². The van der Waals surface area contributed by atoms with Gasteiger partial charge in [0.25, 0.3) is 5.97 Å². The molecule has 0 aromatic carbocycles. The third-order valence-corrected chi connectivity index (χ3v) is 12.5. The minimum atomic E-state index is -2.36. The second-order valence-corrected chi connectivity index (χ2v) is 22.3. The third kappa shape index (κ3) is 5.65. The van der Waals surface area contributed by atoms with Crippen LogP contribution in [0.3, 0.4) is 0 Å². The Labute approximate surface area is 198 Å². The summed E-state index contributed by atoms with van der Waals surface area (Å²) in [5.74, 6) is -1.56. The number of nitrogens with zero attached hydrogens (tertiary/aromatic N) is 2. The van der Waals surface area contributed by atoms with Crippen molar-refractivity contribution in [1.82, 2.24) is 5.01 Å². The minimum Gasteiger partial charge on any atom is -0.408 e. The van der Waals surface area contributed by atoms with Gasteiger partial charge in [0, 0.05) is 35.7 Å². The first-order valence-corrected chi connectivity index (χ1v) is 18.1. The van der Waals surface area contributed by atoms with Gasteiger partial charge in [-0.05, 0) is 24.2 Å². The minimum absolute atomic E-state index is 0.0103. The van der Waals surface area contributed by atoms with Crippen molar-refractivity contribution in [3.8, 4) is 0 Å². The molecule has 0 aromatic heterocycles. The topological polar surface area (TPSA) is 71.0 Å².